The minimum atomic E-state index is 0.930. The highest BCUT2D eigenvalue weighted by Gasteiger charge is 2.19. The lowest BCUT2D eigenvalue weighted by molar-refractivity contribution is 0.581. The molecule has 1 aromatic rings. The van der Waals surface area contributed by atoms with E-state index in [0.29, 0.717) is 0 Å². The summed E-state index contributed by atoms with van der Waals surface area (Å²) in [6.45, 7) is 6.56. The summed E-state index contributed by atoms with van der Waals surface area (Å²) in [5.74, 6) is 0.930. The maximum atomic E-state index is 4.77. The average molecular weight is 354 g/mol. The highest BCUT2D eigenvalue weighted by molar-refractivity contribution is 9.10. The van der Waals surface area contributed by atoms with Gasteiger partial charge in [-0.2, -0.15) is 0 Å². The molecule has 0 unspecified atom stereocenters. The Labute approximate surface area is 137 Å². The Morgan fingerprint density at radius 1 is 1.00 bits per heavy atom. The van der Waals surface area contributed by atoms with E-state index in [2.05, 4.69) is 39.7 Å². The Bertz CT molecular complexity index is 444. The second kappa shape index (κ2) is 8.72. The zero-order valence-corrected chi connectivity index (χ0v) is 15.1. The smallest absolute Gasteiger partial charge is 0.225 e. The molecule has 2 heterocycles. The molecule has 2 rings (SSSR count). The number of anilines is 1. The Hall–Kier alpha value is -0.640. The molecule has 118 valence electrons. The molecular weight excluding hydrogens is 326 g/mol. The molecule has 0 aliphatic carbocycles. The zero-order chi connectivity index (χ0) is 15.1. The summed E-state index contributed by atoms with van der Waals surface area (Å²) in [4.78, 5) is 11.6. The molecule has 0 spiro atoms. The van der Waals surface area contributed by atoms with Gasteiger partial charge in [0.15, 0.2) is 0 Å². The minimum Gasteiger partial charge on any atom is -0.341 e. The Morgan fingerprint density at radius 3 is 2.29 bits per heavy atom. The summed E-state index contributed by atoms with van der Waals surface area (Å²) in [6, 6.07) is 0. The van der Waals surface area contributed by atoms with Crippen molar-refractivity contribution in [1.29, 1.82) is 0 Å². The third kappa shape index (κ3) is 4.94. The Morgan fingerprint density at radius 2 is 1.67 bits per heavy atom. The first-order valence-corrected chi connectivity index (χ1v) is 9.29. The van der Waals surface area contributed by atoms with Gasteiger partial charge in [-0.05, 0) is 42.1 Å². The van der Waals surface area contributed by atoms with E-state index in [1.807, 2.05) is 0 Å². The molecule has 3 nitrogen and oxygen atoms in total. The first-order chi connectivity index (χ1) is 10.2. The van der Waals surface area contributed by atoms with Crippen molar-refractivity contribution in [2.45, 2.75) is 71.6 Å². The fourth-order valence-corrected chi connectivity index (χ4v) is 3.05. The number of rotatable bonds is 9. The van der Waals surface area contributed by atoms with Gasteiger partial charge in [-0.3, -0.25) is 0 Å². The second-order valence-electron chi connectivity index (χ2n) is 6.08. The molecule has 4 heteroatoms. The van der Waals surface area contributed by atoms with Gasteiger partial charge in [-0.25, -0.2) is 9.97 Å². The molecule has 0 amide bonds. The molecule has 1 aliphatic heterocycles. The van der Waals surface area contributed by atoms with E-state index in [1.165, 1.54) is 57.1 Å². The summed E-state index contributed by atoms with van der Waals surface area (Å²) < 4.78 is 1.11. The Balaban J connectivity index is 1.80. The molecule has 1 aliphatic rings. The largest absolute Gasteiger partial charge is 0.341 e. The predicted molar refractivity (Wildman–Crippen MR) is 93.0 cm³/mol. The molecular formula is C17H28BrN3. The third-order valence-corrected chi connectivity index (χ3v) is 5.26. The molecule has 0 bridgehead atoms. The summed E-state index contributed by atoms with van der Waals surface area (Å²) in [7, 11) is 0. The van der Waals surface area contributed by atoms with Crippen LogP contribution in [0.3, 0.4) is 0 Å². The predicted octanol–water partition coefficient (Wildman–Crippen LogP) is 5.05. The Kier molecular flexibility index (Phi) is 6.94. The molecule has 0 saturated carbocycles. The topological polar surface area (TPSA) is 29.0 Å². The van der Waals surface area contributed by atoms with Crippen molar-refractivity contribution in [2.75, 3.05) is 18.0 Å². The van der Waals surface area contributed by atoms with Gasteiger partial charge in [0.1, 0.15) is 0 Å². The number of aryl methyl sites for hydroxylation is 2. The van der Waals surface area contributed by atoms with Crippen LogP contribution >= 0.6 is 15.9 Å². The summed E-state index contributed by atoms with van der Waals surface area (Å²) in [5, 5.41) is 0. The van der Waals surface area contributed by atoms with Crippen LogP contribution in [0.4, 0.5) is 5.95 Å². The lowest BCUT2D eigenvalue weighted by Gasteiger charge is -2.31. The summed E-state index contributed by atoms with van der Waals surface area (Å²) in [5.41, 5.74) is 2.27. The molecule has 1 aromatic heterocycles. The van der Waals surface area contributed by atoms with Gasteiger partial charge in [0.05, 0.1) is 15.9 Å². The van der Waals surface area contributed by atoms with Crippen molar-refractivity contribution >= 4 is 21.9 Å². The van der Waals surface area contributed by atoms with Crippen LogP contribution in [-0.4, -0.2) is 23.1 Å². The van der Waals surface area contributed by atoms with Crippen LogP contribution in [0.15, 0.2) is 4.47 Å². The lowest BCUT2D eigenvalue weighted by Crippen LogP contribution is -2.38. The highest BCUT2D eigenvalue weighted by atomic mass is 79.9. The average Bonchev–Trinajstić information content (AvgIpc) is 2.41. The number of unbranched alkanes of at least 4 members (excludes halogenated alkanes) is 6. The van der Waals surface area contributed by atoms with Gasteiger partial charge < -0.3 is 4.90 Å². The van der Waals surface area contributed by atoms with Crippen molar-refractivity contribution in [3.05, 3.63) is 15.9 Å². The second-order valence-corrected chi connectivity index (χ2v) is 6.87. The highest BCUT2D eigenvalue weighted by Crippen LogP contribution is 2.25. The van der Waals surface area contributed by atoms with Gasteiger partial charge >= 0.3 is 0 Å². The first kappa shape index (κ1) is 16.7. The number of hydrogen-bond acceptors (Lipinski definition) is 3. The molecule has 0 N–H and O–H groups in total. The zero-order valence-electron chi connectivity index (χ0n) is 13.5. The monoisotopic (exact) mass is 353 g/mol. The van der Waals surface area contributed by atoms with Crippen LogP contribution < -0.4 is 4.90 Å². The van der Waals surface area contributed by atoms with Crippen LogP contribution in [0.2, 0.25) is 0 Å². The molecule has 1 saturated heterocycles. The first-order valence-electron chi connectivity index (χ1n) is 8.50. The molecule has 0 atom stereocenters. The van der Waals surface area contributed by atoms with E-state index in [4.69, 9.17) is 4.98 Å². The van der Waals surface area contributed by atoms with Crippen molar-refractivity contribution in [3.8, 4) is 0 Å². The normalized spacial score (nSPS) is 14.3. The fourth-order valence-electron chi connectivity index (χ4n) is 2.68. The van der Waals surface area contributed by atoms with Crippen molar-refractivity contribution in [1.82, 2.24) is 9.97 Å². The van der Waals surface area contributed by atoms with Crippen LogP contribution in [0, 0.1) is 6.92 Å². The van der Waals surface area contributed by atoms with Crippen LogP contribution in [-0.2, 0) is 6.42 Å². The van der Waals surface area contributed by atoms with E-state index in [1.54, 1.807) is 0 Å². The molecule has 1 fully saturated rings. The van der Waals surface area contributed by atoms with E-state index < -0.39 is 0 Å². The van der Waals surface area contributed by atoms with Crippen molar-refractivity contribution in [3.63, 3.8) is 0 Å². The van der Waals surface area contributed by atoms with Gasteiger partial charge in [0.25, 0.3) is 0 Å². The molecule has 0 radical (unpaired) electrons. The summed E-state index contributed by atoms with van der Waals surface area (Å²) >= 11 is 3.66. The number of hydrogen-bond donors (Lipinski definition) is 0. The van der Waals surface area contributed by atoms with Crippen LogP contribution in [0.25, 0.3) is 0 Å². The van der Waals surface area contributed by atoms with E-state index in [-0.39, 0.29) is 0 Å². The third-order valence-electron chi connectivity index (χ3n) is 4.23. The number of aromatic nitrogens is 2. The number of halogens is 1. The van der Waals surface area contributed by atoms with E-state index >= 15 is 0 Å². The van der Waals surface area contributed by atoms with Crippen molar-refractivity contribution < 1.29 is 0 Å². The number of nitrogens with zero attached hydrogens (tertiary/aromatic N) is 3. The van der Waals surface area contributed by atoms with Gasteiger partial charge in [0, 0.05) is 13.1 Å². The summed E-state index contributed by atoms with van der Waals surface area (Å²) in [6.07, 6.45) is 11.7. The van der Waals surface area contributed by atoms with Gasteiger partial charge in [0.2, 0.25) is 5.95 Å². The molecule has 21 heavy (non-hydrogen) atoms. The van der Waals surface area contributed by atoms with Gasteiger partial charge in [-0.1, -0.05) is 45.4 Å². The van der Waals surface area contributed by atoms with Crippen molar-refractivity contribution in [2.24, 2.45) is 0 Å². The maximum absolute atomic E-state index is 4.77. The lowest BCUT2D eigenvalue weighted by atomic mass is 10.1. The van der Waals surface area contributed by atoms with Crippen LogP contribution in [0.1, 0.15) is 69.7 Å². The van der Waals surface area contributed by atoms with Gasteiger partial charge in [-0.15, -0.1) is 0 Å². The minimum absolute atomic E-state index is 0.930. The fraction of sp³-hybridized carbons (Fsp3) is 0.765. The maximum Gasteiger partial charge on any atom is 0.225 e. The molecule has 0 aromatic carbocycles. The van der Waals surface area contributed by atoms with E-state index in [0.717, 1.165) is 35.6 Å². The quantitative estimate of drug-likeness (QED) is 0.581. The standard InChI is InChI=1S/C17H28BrN3/c1-3-4-5-6-7-8-9-11-15-16(18)14(2)19-17(20-15)21-12-10-13-21/h3-13H2,1-2H3. The SMILES string of the molecule is CCCCCCCCCc1nc(N2CCC2)nc(C)c1Br. The van der Waals surface area contributed by atoms with Crippen LogP contribution in [0.5, 0.6) is 0 Å². The van der Waals surface area contributed by atoms with E-state index in [9.17, 15) is 0 Å².